The Balaban J connectivity index is 1.52. The molecule has 0 aromatic rings. The summed E-state index contributed by atoms with van der Waals surface area (Å²) >= 11 is 0. The smallest absolute Gasteiger partial charge is 0.219 e. The van der Waals surface area contributed by atoms with Crippen LogP contribution >= 0.6 is 0 Å². The van der Waals surface area contributed by atoms with E-state index >= 15 is 0 Å². The molecule has 0 aromatic carbocycles. The van der Waals surface area contributed by atoms with Crippen molar-refractivity contribution >= 4 is 5.91 Å². The molecule has 2 unspecified atom stereocenters. The number of carbonyl (C=O) groups excluding carboxylic acids is 1. The molecule has 3 aliphatic rings. The molecule has 0 N–H and O–H groups in total. The summed E-state index contributed by atoms with van der Waals surface area (Å²) < 4.78 is 5.83. The zero-order valence-corrected chi connectivity index (χ0v) is 12.4. The van der Waals surface area contributed by atoms with Crippen molar-refractivity contribution < 1.29 is 9.53 Å². The molecule has 3 rings (SSSR count). The molecule has 3 fully saturated rings. The van der Waals surface area contributed by atoms with Gasteiger partial charge in [0.15, 0.2) is 0 Å². The van der Waals surface area contributed by atoms with Gasteiger partial charge >= 0.3 is 0 Å². The molecule has 2 atom stereocenters. The summed E-state index contributed by atoms with van der Waals surface area (Å²) in [4.78, 5) is 16.2. The average molecular weight is 266 g/mol. The van der Waals surface area contributed by atoms with Gasteiger partial charge in [-0.05, 0) is 33.1 Å². The van der Waals surface area contributed by atoms with E-state index in [0.717, 1.165) is 19.7 Å². The molecule has 19 heavy (non-hydrogen) atoms. The van der Waals surface area contributed by atoms with E-state index in [2.05, 4.69) is 23.6 Å². The summed E-state index contributed by atoms with van der Waals surface area (Å²) in [5.41, 5.74) is 0.426. The Morgan fingerprint density at radius 3 is 2.53 bits per heavy atom. The zero-order valence-electron chi connectivity index (χ0n) is 12.4. The van der Waals surface area contributed by atoms with Crippen molar-refractivity contribution in [2.75, 3.05) is 26.2 Å². The summed E-state index contributed by atoms with van der Waals surface area (Å²) in [5.74, 6) is 0.247. The maximum absolute atomic E-state index is 11.5. The topological polar surface area (TPSA) is 32.8 Å². The monoisotopic (exact) mass is 266 g/mol. The Morgan fingerprint density at radius 1 is 1.32 bits per heavy atom. The molecule has 1 aliphatic carbocycles. The maximum Gasteiger partial charge on any atom is 0.219 e. The minimum atomic E-state index is 0.247. The van der Waals surface area contributed by atoms with E-state index in [9.17, 15) is 4.79 Å². The van der Waals surface area contributed by atoms with Crippen LogP contribution in [0.15, 0.2) is 0 Å². The first kappa shape index (κ1) is 13.4. The fourth-order valence-corrected chi connectivity index (χ4v) is 3.63. The normalized spacial score (nSPS) is 32.3. The molecular weight excluding hydrogens is 240 g/mol. The molecule has 2 saturated heterocycles. The number of carbonyl (C=O) groups is 1. The van der Waals surface area contributed by atoms with E-state index in [1.807, 2.05) is 0 Å². The van der Waals surface area contributed by atoms with Crippen LogP contribution < -0.4 is 0 Å². The SMILES string of the molecule is CC(=O)N1CC2CC1CN2CC1(COC(C)C)CC1. The minimum absolute atomic E-state index is 0.247. The van der Waals surface area contributed by atoms with Gasteiger partial charge in [-0.2, -0.15) is 0 Å². The van der Waals surface area contributed by atoms with Crippen LogP contribution in [0.4, 0.5) is 0 Å². The minimum Gasteiger partial charge on any atom is -0.378 e. The van der Waals surface area contributed by atoms with Crippen molar-refractivity contribution in [2.45, 2.75) is 58.2 Å². The van der Waals surface area contributed by atoms with Gasteiger partial charge in [-0.15, -0.1) is 0 Å². The standard InChI is InChI=1S/C15H26N2O2/c1-11(2)19-10-15(4-5-15)9-16-7-14-6-13(16)8-17(14)12(3)18/h11,13-14H,4-10H2,1-3H3. The summed E-state index contributed by atoms with van der Waals surface area (Å²) in [6, 6.07) is 1.08. The molecule has 0 spiro atoms. The Labute approximate surface area is 116 Å². The van der Waals surface area contributed by atoms with Crippen LogP contribution in [0.25, 0.3) is 0 Å². The van der Waals surface area contributed by atoms with Crippen LogP contribution in [-0.2, 0) is 9.53 Å². The van der Waals surface area contributed by atoms with Gasteiger partial charge < -0.3 is 9.64 Å². The number of hydrogen-bond donors (Lipinski definition) is 0. The number of ether oxygens (including phenoxy) is 1. The van der Waals surface area contributed by atoms with Gasteiger partial charge in [-0.1, -0.05) is 0 Å². The van der Waals surface area contributed by atoms with Gasteiger partial charge in [0, 0.05) is 44.1 Å². The van der Waals surface area contributed by atoms with Crippen LogP contribution in [0.2, 0.25) is 0 Å². The molecule has 1 saturated carbocycles. The second kappa shape index (κ2) is 4.74. The summed E-state index contributed by atoms with van der Waals surface area (Å²) in [5, 5.41) is 0. The zero-order chi connectivity index (χ0) is 13.6. The molecule has 0 radical (unpaired) electrons. The van der Waals surface area contributed by atoms with Gasteiger partial charge in [-0.25, -0.2) is 0 Å². The Bertz CT molecular complexity index is 365. The number of hydrogen-bond acceptors (Lipinski definition) is 3. The highest BCUT2D eigenvalue weighted by Gasteiger charge is 2.50. The molecular formula is C15H26N2O2. The van der Waals surface area contributed by atoms with E-state index < -0.39 is 0 Å². The third-order valence-electron chi connectivity index (χ3n) is 4.98. The van der Waals surface area contributed by atoms with E-state index in [0.29, 0.717) is 23.6 Å². The first-order chi connectivity index (χ1) is 8.99. The lowest BCUT2D eigenvalue weighted by Crippen LogP contribution is -2.49. The lowest BCUT2D eigenvalue weighted by atomic mass is 10.1. The van der Waals surface area contributed by atoms with Crippen LogP contribution in [0.1, 0.15) is 40.0 Å². The van der Waals surface area contributed by atoms with Crippen molar-refractivity contribution in [3.63, 3.8) is 0 Å². The highest BCUT2D eigenvalue weighted by molar-refractivity contribution is 5.74. The van der Waals surface area contributed by atoms with Crippen LogP contribution in [0, 0.1) is 5.41 Å². The Morgan fingerprint density at radius 2 is 2.05 bits per heavy atom. The predicted octanol–water partition coefficient (Wildman–Crippen LogP) is 1.50. The Kier molecular flexibility index (Phi) is 3.34. The van der Waals surface area contributed by atoms with Crippen LogP contribution in [-0.4, -0.2) is 60.1 Å². The fraction of sp³-hybridized carbons (Fsp3) is 0.933. The van der Waals surface area contributed by atoms with Crippen molar-refractivity contribution in [1.82, 2.24) is 9.80 Å². The fourth-order valence-electron chi connectivity index (χ4n) is 3.63. The van der Waals surface area contributed by atoms with Crippen molar-refractivity contribution in [2.24, 2.45) is 5.41 Å². The van der Waals surface area contributed by atoms with Crippen molar-refractivity contribution in [1.29, 1.82) is 0 Å². The number of fused-ring (bicyclic) bond motifs is 2. The number of likely N-dealkylation sites (tertiary alicyclic amines) is 2. The van der Waals surface area contributed by atoms with Gasteiger partial charge in [0.2, 0.25) is 5.91 Å². The van der Waals surface area contributed by atoms with E-state index in [1.54, 1.807) is 6.92 Å². The summed E-state index contributed by atoms with van der Waals surface area (Å²) in [7, 11) is 0. The first-order valence-electron chi connectivity index (χ1n) is 7.62. The predicted molar refractivity (Wildman–Crippen MR) is 73.9 cm³/mol. The highest BCUT2D eigenvalue weighted by atomic mass is 16.5. The lowest BCUT2D eigenvalue weighted by Gasteiger charge is -2.35. The third kappa shape index (κ3) is 2.65. The summed E-state index contributed by atoms with van der Waals surface area (Å²) in [6.07, 6.45) is 4.13. The Hall–Kier alpha value is -0.610. The van der Waals surface area contributed by atoms with Crippen LogP contribution in [0.5, 0.6) is 0 Å². The second-order valence-electron chi connectivity index (χ2n) is 7.00. The summed E-state index contributed by atoms with van der Waals surface area (Å²) in [6.45, 7) is 10.0. The van der Waals surface area contributed by atoms with E-state index in [4.69, 9.17) is 4.74 Å². The average Bonchev–Trinajstić information content (AvgIpc) is 2.81. The lowest BCUT2D eigenvalue weighted by molar-refractivity contribution is -0.131. The quantitative estimate of drug-likeness (QED) is 0.756. The molecule has 1 amide bonds. The van der Waals surface area contributed by atoms with Gasteiger partial charge in [0.05, 0.1) is 12.7 Å². The van der Waals surface area contributed by atoms with E-state index in [-0.39, 0.29) is 5.91 Å². The van der Waals surface area contributed by atoms with Gasteiger partial charge in [-0.3, -0.25) is 9.69 Å². The molecule has 4 nitrogen and oxygen atoms in total. The number of nitrogens with zero attached hydrogens (tertiary/aromatic N) is 2. The van der Waals surface area contributed by atoms with E-state index in [1.165, 1.54) is 25.8 Å². The van der Waals surface area contributed by atoms with Crippen LogP contribution in [0.3, 0.4) is 0 Å². The molecule has 0 aromatic heterocycles. The van der Waals surface area contributed by atoms with Gasteiger partial charge in [0.1, 0.15) is 0 Å². The molecule has 2 aliphatic heterocycles. The van der Waals surface area contributed by atoms with Crippen molar-refractivity contribution in [3.05, 3.63) is 0 Å². The maximum atomic E-state index is 11.5. The molecule has 108 valence electrons. The van der Waals surface area contributed by atoms with Gasteiger partial charge in [0.25, 0.3) is 0 Å². The third-order valence-corrected chi connectivity index (χ3v) is 4.98. The first-order valence-corrected chi connectivity index (χ1v) is 7.62. The molecule has 4 heteroatoms. The number of rotatable bonds is 5. The second-order valence-corrected chi connectivity index (χ2v) is 7.00. The largest absolute Gasteiger partial charge is 0.378 e. The number of piperazine rings is 1. The van der Waals surface area contributed by atoms with Crippen molar-refractivity contribution in [3.8, 4) is 0 Å². The number of amides is 1. The molecule has 2 heterocycles. The molecule has 2 bridgehead atoms. The highest BCUT2D eigenvalue weighted by Crippen LogP contribution is 2.48.